The largest absolute Gasteiger partial charge is 0.480 e. The van der Waals surface area contributed by atoms with Crippen LogP contribution in [0.2, 0.25) is 0 Å². The van der Waals surface area contributed by atoms with Crippen LogP contribution in [0.25, 0.3) is 0 Å². The van der Waals surface area contributed by atoms with Gasteiger partial charge in [-0.2, -0.15) is 5.06 Å². The molecule has 0 aromatic heterocycles. The summed E-state index contributed by atoms with van der Waals surface area (Å²) in [6, 6.07) is 15.6. The summed E-state index contributed by atoms with van der Waals surface area (Å²) in [4.78, 5) is 31.7. The molecule has 6 heteroatoms. The van der Waals surface area contributed by atoms with Gasteiger partial charge < -0.3 is 14.8 Å². The van der Waals surface area contributed by atoms with Gasteiger partial charge in [-0.05, 0) is 36.8 Å². The first kappa shape index (κ1) is 15.7. The van der Waals surface area contributed by atoms with Crippen molar-refractivity contribution in [1.82, 2.24) is 9.96 Å². The SMILES string of the molecule is O=C(O)C1CC2(CC2)C2CN1C(=O)N2Oc1ccccccccc1. The molecule has 1 aliphatic carbocycles. The lowest BCUT2D eigenvalue weighted by Gasteiger charge is -2.34. The van der Waals surface area contributed by atoms with Gasteiger partial charge in [-0.3, -0.25) is 0 Å². The Morgan fingerprint density at radius 3 is 2.24 bits per heavy atom. The van der Waals surface area contributed by atoms with E-state index in [1.54, 1.807) is 12.1 Å². The molecule has 1 spiro atoms. The molecule has 2 aliphatic heterocycles. The molecule has 130 valence electrons. The highest BCUT2D eigenvalue weighted by atomic mass is 16.7. The van der Waals surface area contributed by atoms with Crippen LogP contribution in [-0.4, -0.2) is 45.7 Å². The van der Waals surface area contributed by atoms with Crippen molar-refractivity contribution in [1.29, 1.82) is 0 Å². The van der Waals surface area contributed by atoms with Crippen LogP contribution < -0.4 is 4.84 Å². The smallest absolute Gasteiger partial charge is 0.354 e. The normalized spacial score (nSPS) is 25.5. The number of carbonyl (C=O) groups is 2. The average molecular weight is 340 g/mol. The fraction of sp³-hybridized carbons (Fsp3) is 0.368. The Balaban J connectivity index is 1.64. The van der Waals surface area contributed by atoms with Crippen molar-refractivity contribution in [3.63, 3.8) is 0 Å². The first-order valence-corrected chi connectivity index (χ1v) is 8.50. The molecule has 0 radical (unpaired) electrons. The minimum atomic E-state index is -0.933. The molecule has 2 saturated heterocycles. The van der Waals surface area contributed by atoms with Crippen LogP contribution in [0.1, 0.15) is 19.3 Å². The molecule has 25 heavy (non-hydrogen) atoms. The third-order valence-electron chi connectivity index (χ3n) is 5.34. The number of nitrogens with zero attached hydrogens (tertiary/aromatic N) is 2. The van der Waals surface area contributed by atoms with Crippen LogP contribution >= 0.6 is 0 Å². The zero-order valence-electron chi connectivity index (χ0n) is 13.7. The molecule has 1 aromatic rings. The van der Waals surface area contributed by atoms with Gasteiger partial charge in [0.05, 0.1) is 6.04 Å². The number of fused-ring (bicyclic) bond motifs is 3. The van der Waals surface area contributed by atoms with Gasteiger partial charge in [0.1, 0.15) is 6.04 Å². The van der Waals surface area contributed by atoms with Crippen molar-refractivity contribution >= 4 is 12.0 Å². The van der Waals surface area contributed by atoms with E-state index in [1.165, 1.54) is 9.96 Å². The van der Waals surface area contributed by atoms with E-state index in [2.05, 4.69) is 0 Å². The summed E-state index contributed by atoms with van der Waals surface area (Å²) in [5.74, 6) is -0.390. The Kier molecular flexibility index (Phi) is 3.75. The third kappa shape index (κ3) is 2.77. The summed E-state index contributed by atoms with van der Waals surface area (Å²) in [5.41, 5.74) is -0.107. The summed E-state index contributed by atoms with van der Waals surface area (Å²) in [6.07, 6.45) is 2.41. The highest BCUT2D eigenvalue weighted by Crippen LogP contribution is 2.59. The maximum absolute atomic E-state index is 12.7. The average Bonchev–Trinajstić information content (AvgIpc) is 3.32. The number of carbonyl (C=O) groups excluding carboxylic acids is 1. The molecule has 3 fully saturated rings. The van der Waals surface area contributed by atoms with Crippen molar-refractivity contribution < 1.29 is 19.5 Å². The predicted octanol–water partition coefficient (Wildman–Crippen LogP) is 2.85. The lowest BCUT2D eigenvalue weighted by atomic mass is 9.85. The second kappa shape index (κ2) is 5.95. The molecule has 2 atom stereocenters. The fourth-order valence-electron chi connectivity index (χ4n) is 3.81. The monoisotopic (exact) mass is 340 g/mol. The molecule has 2 amide bonds. The number of hydrogen-bond acceptors (Lipinski definition) is 3. The van der Waals surface area contributed by atoms with Crippen molar-refractivity contribution in [2.75, 3.05) is 6.54 Å². The van der Waals surface area contributed by atoms with Gasteiger partial charge in [-0.1, -0.05) is 42.5 Å². The summed E-state index contributed by atoms with van der Waals surface area (Å²) >= 11 is 0. The Morgan fingerprint density at radius 1 is 1.08 bits per heavy atom. The number of urea groups is 1. The van der Waals surface area contributed by atoms with Gasteiger partial charge in [0.25, 0.3) is 0 Å². The van der Waals surface area contributed by atoms with Crippen molar-refractivity contribution in [3.8, 4) is 5.75 Å². The standard InChI is InChI=1S/C19H20N2O4/c22-17(23)15-12-19(10-11-19)16-13-20(15)18(24)21(16)25-14-8-6-4-2-1-3-5-7-9-14/h1-9,15-16H,10-13H2,(H,22,23). The minimum Gasteiger partial charge on any atom is -0.480 e. The van der Waals surface area contributed by atoms with Crippen LogP contribution in [0, 0.1) is 5.41 Å². The molecule has 1 saturated carbocycles. The van der Waals surface area contributed by atoms with Crippen molar-refractivity contribution in [2.24, 2.45) is 5.41 Å². The van der Waals surface area contributed by atoms with E-state index in [4.69, 9.17) is 4.84 Å². The number of hydrogen-bond donors (Lipinski definition) is 1. The Bertz CT molecular complexity index is 736. The number of amides is 2. The molecular weight excluding hydrogens is 320 g/mol. The molecule has 2 heterocycles. The van der Waals surface area contributed by atoms with E-state index in [0.29, 0.717) is 18.7 Å². The van der Waals surface area contributed by atoms with E-state index in [1.807, 2.05) is 42.5 Å². The quantitative estimate of drug-likeness (QED) is 0.918. The van der Waals surface area contributed by atoms with Gasteiger partial charge in [0.2, 0.25) is 0 Å². The van der Waals surface area contributed by atoms with E-state index in [9.17, 15) is 14.7 Å². The lowest BCUT2D eigenvalue weighted by Crippen LogP contribution is -2.49. The topological polar surface area (TPSA) is 70.1 Å². The Morgan fingerprint density at radius 2 is 1.68 bits per heavy atom. The molecule has 4 rings (SSSR count). The first-order valence-electron chi connectivity index (χ1n) is 8.50. The number of carboxylic acids is 1. The molecule has 1 aromatic carbocycles. The molecular formula is C19H20N2O4. The van der Waals surface area contributed by atoms with Gasteiger partial charge >= 0.3 is 12.0 Å². The molecule has 2 bridgehead atoms. The van der Waals surface area contributed by atoms with Crippen LogP contribution in [0.3, 0.4) is 0 Å². The number of piperidine rings is 1. The summed E-state index contributed by atoms with van der Waals surface area (Å²) < 4.78 is 0. The van der Waals surface area contributed by atoms with Gasteiger partial charge in [0, 0.05) is 6.54 Å². The van der Waals surface area contributed by atoms with E-state index in [0.717, 1.165) is 12.8 Å². The first-order chi connectivity index (χ1) is 12.1. The van der Waals surface area contributed by atoms with Gasteiger partial charge in [-0.15, -0.1) is 0 Å². The number of aliphatic carboxylic acids is 1. The highest BCUT2D eigenvalue weighted by Gasteiger charge is 2.64. The van der Waals surface area contributed by atoms with Crippen molar-refractivity contribution in [2.45, 2.75) is 31.3 Å². The maximum Gasteiger partial charge on any atom is 0.354 e. The number of carboxylic acid groups (broad SMARTS) is 1. The molecule has 6 nitrogen and oxygen atoms in total. The lowest BCUT2D eigenvalue weighted by molar-refractivity contribution is -0.144. The minimum absolute atomic E-state index is 0.0836. The second-order valence-electron chi connectivity index (χ2n) is 6.87. The number of hydroxylamine groups is 2. The molecule has 3 aliphatic rings. The summed E-state index contributed by atoms with van der Waals surface area (Å²) in [6.45, 7) is 0.422. The third-order valence-corrected chi connectivity index (χ3v) is 5.34. The van der Waals surface area contributed by atoms with Crippen LogP contribution in [0.4, 0.5) is 4.79 Å². The Labute approximate surface area is 145 Å². The molecule has 2 unspecified atom stereocenters. The fourth-order valence-corrected chi connectivity index (χ4v) is 3.81. The highest BCUT2D eigenvalue weighted by molar-refractivity contribution is 5.85. The Hall–Kier alpha value is -2.76. The van der Waals surface area contributed by atoms with Crippen LogP contribution in [-0.2, 0) is 4.79 Å². The summed E-state index contributed by atoms with van der Waals surface area (Å²) in [7, 11) is 0. The molecule has 1 N–H and O–H groups in total. The van der Waals surface area contributed by atoms with E-state index in [-0.39, 0.29) is 17.5 Å². The van der Waals surface area contributed by atoms with E-state index < -0.39 is 12.0 Å². The van der Waals surface area contributed by atoms with Crippen LogP contribution in [0.5, 0.6) is 5.75 Å². The van der Waals surface area contributed by atoms with Crippen molar-refractivity contribution in [3.05, 3.63) is 54.6 Å². The number of rotatable bonds is 3. The van der Waals surface area contributed by atoms with Crippen LogP contribution in [0.15, 0.2) is 54.6 Å². The maximum atomic E-state index is 12.7. The van der Waals surface area contributed by atoms with Gasteiger partial charge in [0.15, 0.2) is 5.75 Å². The second-order valence-corrected chi connectivity index (χ2v) is 6.87. The van der Waals surface area contributed by atoms with E-state index >= 15 is 0 Å². The zero-order valence-corrected chi connectivity index (χ0v) is 13.7. The predicted molar refractivity (Wildman–Crippen MR) is 90.1 cm³/mol. The summed E-state index contributed by atoms with van der Waals surface area (Å²) in [5, 5.41) is 10.9. The van der Waals surface area contributed by atoms with Gasteiger partial charge in [-0.25, -0.2) is 9.59 Å². The zero-order chi connectivity index (χ0) is 17.4.